The van der Waals surface area contributed by atoms with Crippen LogP contribution in [0.3, 0.4) is 0 Å². The Hall–Kier alpha value is -3.41. The maximum atomic E-state index is 13.4. The monoisotopic (exact) mass is 589 g/mol. The molecule has 40 heavy (non-hydrogen) atoms. The van der Waals surface area contributed by atoms with Crippen molar-refractivity contribution in [2.24, 2.45) is 0 Å². The van der Waals surface area contributed by atoms with E-state index in [1.807, 2.05) is 12.1 Å². The highest BCUT2D eigenvalue weighted by Gasteiger charge is 2.36. The van der Waals surface area contributed by atoms with E-state index in [1.165, 1.54) is 21.6 Å². The number of imide groups is 1. The molecule has 4 rings (SSSR count). The van der Waals surface area contributed by atoms with Crippen LogP contribution in [0.25, 0.3) is 0 Å². The zero-order chi connectivity index (χ0) is 27.9. The molecular weight excluding hydrogens is 558 g/mol. The van der Waals surface area contributed by atoms with Crippen LogP contribution < -0.4 is 10.2 Å². The summed E-state index contributed by atoms with van der Waals surface area (Å²) in [5, 5.41) is 12.5. The highest BCUT2D eigenvalue weighted by Crippen LogP contribution is 2.34. The van der Waals surface area contributed by atoms with Gasteiger partial charge in [-0.25, -0.2) is 0 Å². The molecule has 2 heterocycles. The lowest BCUT2D eigenvalue weighted by Crippen LogP contribution is -2.54. The first kappa shape index (κ1) is 31.1. The number of nitrogens with zero attached hydrogens (tertiary/aromatic N) is 2. The molecule has 2 atom stereocenters. The van der Waals surface area contributed by atoms with Crippen molar-refractivity contribution >= 4 is 59.5 Å². The first-order valence-corrected chi connectivity index (χ1v) is 13.9. The number of anilines is 1. The van der Waals surface area contributed by atoms with Crippen molar-refractivity contribution < 1.29 is 33.8 Å². The Balaban J connectivity index is 0.00000441. The molecule has 0 aromatic heterocycles. The smallest absolute Gasteiger partial charge is 0.323 e. The molecule has 0 saturated carbocycles. The van der Waals surface area contributed by atoms with Gasteiger partial charge in [-0.05, 0) is 44.0 Å². The van der Waals surface area contributed by atoms with Gasteiger partial charge in [0, 0.05) is 17.2 Å². The second kappa shape index (κ2) is 14.3. The van der Waals surface area contributed by atoms with Gasteiger partial charge in [0.2, 0.25) is 5.91 Å². The standard InChI is InChI=1S/C28H31N3O7S.ClH/c1-2-38-28(37)20(12-4-3-9-15-30-25(34)18-10-5-6-11-19(18)26(30)35)29-21-17-39-23-14-8-7-13-22(23)31(27(21)36)16-24(32)33;/h5-8,10-11,13-14,20-21,29H,2-4,9,12,15-17H2,1H3,(H,32,33);1H/t20-,21?;/m1./s1. The average molecular weight is 590 g/mol. The van der Waals surface area contributed by atoms with Crippen LogP contribution in [-0.4, -0.2) is 77.2 Å². The van der Waals surface area contributed by atoms with Crippen LogP contribution in [0.15, 0.2) is 53.4 Å². The van der Waals surface area contributed by atoms with Gasteiger partial charge in [-0.1, -0.05) is 37.1 Å². The second-order valence-electron chi connectivity index (χ2n) is 9.28. The van der Waals surface area contributed by atoms with Crippen molar-refractivity contribution in [2.45, 2.75) is 49.6 Å². The number of carbonyl (C=O) groups excluding carboxylic acids is 4. The highest BCUT2D eigenvalue weighted by molar-refractivity contribution is 7.99. The van der Waals surface area contributed by atoms with Gasteiger partial charge in [-0.15, -0.1) is 24.2 Å². The molecule has 2 aliphatic rings. The SMILES string of the molecule is CCOC(=O)[C@@H](CCCCCN1C(=O)c2ccccc2C1=O)NC1CSc2ccccc2N(CC(=O)O)C1=O.Cl. The van der Waals surface area contributed by atoms with Gasteiger partial charge in [0.15, 0.2) is 0 Å². The predicted octanol–water partition coefficient (Wildman–Crippen LogP) is 3.38. The van der Waals surface area contributed by atoms with Crippen molar-refractivity contribution in [3.8, 4) is 0 Å². The Morgan fingerprint density at radius 1 is 1.00 bits per heavy atom. The lowest BCUT2D eigenvalue weighted by Gasteiger charge is -2.27. The number of ether oxygens (including phenoxy) is 1. The van der Waals surface area contributed by atoms with Gasteiger partial charge in [0.1, 0.15) is 12.6 Å². The summed E-state index contributed by atoms with van der Waals surface area (Å²) in [5.74, 6) is -2.31. The maximum absolute atomic E-state index is 13.4. The van der Waals surface area contributed by atoms with Gasteiger partial charge in [0.05, 0.1) is 29.5 Å². The molecule has 2 aliphatic heterocycles. The largest absolute Gasteiger partial charge is 0.480 e. The van der Waals surface area contributed by atoms with E-state index in [0.717, 1.165) is 4.90 Å². The summed E-state index contributed by atoms with van der Waals surface area (Å²) in [7, 11) is 0. The lowest BCUT2D eigenvalue weighted by molar-refractivity contribution is -0.146. The van der Waals surface area contributed by atoms with Gasteiger partial charge in [0.25, 0.3) is 11.8 Å². The summed E-state index contributed by atoms with van der Waals surface area (Å²) in [6, 6.07) is 12.3. The zero-order valence-corrected chi connectivity index (χ0v) is 23.7. The molecular formula is C28H32ClN3O7S. The van der Waals surface area contributed by atoms with Crippen molar-refractivity contribution in [1.29, 1.82) is 0 Å². The normalized spacial score (nSPS) is 17.0. The molecule has 1 unspecified atom stereocenters. The number of thioether (sulfide) groups is 1. The molecule has 2 N–H and O–H groups in total. The number of hydrogen-bond acceptors (Lipinski definition) is 8. The molecule has 2 aromatic carbocycles. The second-order valence-corrected chi connectivity index (χ2v) is 10.3. The van der Waals surface area contributed by atoms with Crippen LogP contribution in [0, 0.1) is 0 Å². The number of rotatable bonds is 12. The van der Waals surface area contributed by atoms with Crippen LogP contribution in [-0.2, 0) is 19.1 Å². The minimum atomic E-state index is -1.14. The molecule has 0 aliphatic carbocycles. The number of fused-ring (bicyclic) bond motifs is 2. The summed E-state index contributed by atoms with van der Waals surface area (Å²) >= 11 is 1.42. The quantitative estimate of drug-likeness (QED) is 0.217. The molecule has 0 saturated heterocycles. The van der Waals surface area contributed by atoms with Crippen LogP contribution in [0.2, 0.25) is 0 Å². The van der Waals surface area contributed by atoms with Crippen molar-refractivity contribution in [2.75, 3.05) is 30.3 Å². The Bertz CT molecular complexity index is 1240. The Kier molecular flexibility index (Phi) is 11.1. The number of aliphatic carboxylic acids is 1. The number of unbranched alkanes of at least 4 members (excludes halogenated alkanes) is 2. The number of para-hydroxylation sites is 1. The Labute approximate surface area is 242 Å². The Morgan fingerprint density at radius 2 is 1.65 bits per heavy atom. The molecule has 2 aromatic rings. The molecule has 10 nitrogen and oxygen atoms in total. The van der Waals surface area contributed by atoms with Gasteiger partial charge in [-0.3, -0.25) is 39.1 Å². The van der Waals surface area contributed by atoms with E-state index in [4.69, 9.17) is 4.74 Å². The van der Waals surface area contributed by atoms with Crippen LogP contribution >= 0.6 is 24.2 Å². The molecule has 0 radical (unpaired) electrons. The van der Waals surface area contributed by atoms with Gasteiger partial charge < -0.3 is 9.84 Å². The average Bonchev–Trinajstić information content (AvgIpc) is 3.09. The third kappa shape index (κ3) is 7.01. The van der Waals surface area contributed by atoms with E-state index < -0.39 is 36.5 Å². The zero-order valence-electron chi connectivity index (χ0n) is 22.0. The topological polar surface area (TPSA) is 133 Å². The van der Waals surface area contributed by atoms with Crippen molar-refractivity contribution in [3.05, 3.63) is 59.7 Å². The number of carbonyl (C=O) groups is 5. The third-order valence-corrected chi connectivity index (χ3v) is 7.80. The van der Waals surface area contributed by atoms with Gasteiger partial charge in [-0.2, -0.15) is 0 Å². The minimum absolute atomic E-state index is 0. The highest BCUT2D eigenvalue weighted by atomic mass is 35.5. The van der Waals surface area contributed by atoms with E-state index in [1.54, 1.807) is 43.3 Å². The summed E-state index contributed by atoms with van der Waals surface area (Å²) in [5.41, 5.74) is 1.36. The van der Waals surface area contributed by atoms with E-state index in [0.29, 0.717) is 48.3 Å². The Morgan fingerprint density at radius 3 is 2.30 bits per heavy atom. The predicted molar refractivity (Wildman–Crippen MR) is 152 cm³/mol. The first-order valence-electron chi connectivity index (χ1n) is 12.9. The molecule has 12 heteroatoms. The fourth-order valence-electron chi connectivity index (χ4n) is 4.76. The van der Waals surface area contributed by atoms with Crippen LogP contribution in [0.5, 0.6) is 0 Å². The summed E-state index contributed by atoms with van der Waals surface area (Å²) in [6.45, 7) is 1.68. The fourth-order valence-corrected chi connectivity index (χ4v) is 5.85. The summed E-state index contributed by atoms with van der Waals surface area (Å²) in [6.07, 6.45) is 2.18. The number of carboxylic acid groups (broad SMARTS) is 1. The molecule has 0 bridgehead atoms. The number of halogens is 1. The molecule has 214 valence electrons. The van der Waals surface area contributed by atoms with E-state index in [2.05, 4.69) is 5.32 Å². The number of amides is 3. The van der Waals surface area contributed by atoms with E-state index >= 15 is 0 Å². The number of hydrogen-bond donors (Lipinski definition) is 2. The summed E-state index contributed by atoms with van der Waals surface area (Å²) in [4.78, 5) is 66.1. The van der Waals surface area contributed by atoms with Crippen molar-refractivity contribution in [3.63, 3.8) is 0 Å². The number of esters is 1. The minimum Gasteiger partial charge on any atom is -0.480 e. The molecule has 0 fully saturated rings. The first-order chi connectivity index (χ1) is 18.8. The number of benzene rings is 2. The maximum Gasteiger partial charge on any atom is 0.323 e. The number of nitrogens with one attached hydrogen (secondary N) is 1. The summed E-state index contributed by atoms with van der Waals surface area (Å²) < 4.78 is 5.24. The third-order valence-electron chi connectivity index (χ3n) is 6.65. The molecule has 3 amide bonds. The fraction of sp³-hybridized carbons (Fsp3) is 0.393. The van der Waals surface area contributed by atoms with Crippen LogP contribution in [0.4, 0.5) is 5.69 Å². The van der Waals surface area contributed by atoms with Gasteiger partial charge >= 0.3 is 11.9 Å². The van der Waals surface area contributed by atoms with Crippen molar-refractivity contribution in [1.82, 2.24) is 10.2 Å². The van der Waals surface area contributed by atoms with E-state index in [-0.39, 0.29) is 37.4 Å². The molecule has 0 spiro atoms. The van der Waals surface area contributed by atoms with Crippen LogP contribution in [0.1, 0.15) is 53.3 Å². The van der Waals surface area contributed by atoms with E-state index in [9.17, 15) is 29.1 Å². The number of carboxylic acids is 1. The lowest BCUT2D eigenvalue weighted by atomic mass is 10.1.